The van der Waals surface area contributed by atoms with Crippen LogP contribution in [-0.4, -0.2) is 23.2 Å². The summed E-state index contributed by atoms with van der Waals surface area (Å²) in [6, 6.07) is 0. The lowest BCUT2D eigenvalue weighted by Gasteiger charge is -1.93. The second-order valence-electron chi connectivity index (χ2n) is 2.30. The molecule has 0 atom stereocenters. The Labute approximate surface area is 62.6 Å². The van der Waals surface area contributed by atoms with Crippen molar-refractivity contribution in [2.75, 3.05) is 6.54 Å². The predicted molar refractivity (Wildman–Crippen MR) is 42.5 cm³/mol. The summed E-state index contributed by atoms with van der Waals surface area (Å²) in [5.74, 6) is 0.142. The smallest absolute Gasteiger partial charge is 0.220 e. The molecule has 2 heteroatoms. The van der Waals surface area contributed by atoms with Crippen LogP contribution >= 0.6 is 0 Å². The van der Waals surface area contributed by atoms with Crippen molar-refractivity contribution in [2.24, 2.45) is 0 Å². The molecule has 1 amide bonds. The van der Waals surface area contributed by atoms with Crippen LogP contribution in [0.5, 0.6) is 0 Å². The standard InChI is InChI=1S/C8H16NO/c1-4-6-9(7-5-2)8(3)10/h6H,4-5,7H2,1-3H3/q+1/b9-6-. The summed E-state index contributed by atoms with van der Waals surface area (Å²) in [5.41, 5.74) is 0. The lowest BCUT2D eigenvalue weighted by Crippen LogP contribution is -2.19. The molecule has 0 aliphatic rings. The Morgan fingerprint density at radius 1 is 1.50 bits per heavy atom. The summed E-state index contributed by atoms with van der Waals surface area (Å²) in [6.07, 6.45) is 3.89. The number of carbonyl (C=O) groups is 1. The van der Waals surface area contributed by atoms with Crippen molar-refractivity contribution >= 4 is 12.1 Å². The fourth-order valence-electron chi connectivity index (χ4n) is 0.839. The molecular formula is C8H16NO+. The van der Waals surface area contributed by atoms with Gasteiger partial charge in [0.15, 0.2) is 6.54 Å². The van der Waals surface area contributed by atoms with Crippen molar-refractivity contribution in [1.29, 1.82) is 0 Å². The maximum atomic E-state index is 10.8. The molecule has 0 aliphatic carbocycles. The van der Waals surface area contributed by atoms with E-state index in [1.165, 1.54) is 0 Å². The molecular weight excluding hydrogens is 126 g/mol. The van der Waals surface area contributed by atoms with Gasteiger partial charge >= 0.3 is 5.91 Å². The molecule has 0 bridgehead atoms. The molecule has 0 aliphatic heterocycles. The van der Waals surface area contributed by atoms with Crippen molar-refractivity contribution < 1.29 is 9.37 Å². The van der Waals surface area contributed by atoms with Crippen molar-refractivity contribution in [3.05, 3.63) is 0 Å². The minimum atomic E-state index is 0.142. The molecule has 2 nitrogen and oxygen atoms in total. The van der Waals surface area contributed by atoms with E-state index in [2.05, 4.69) is 6.92 Å². The van der Waals surface area contributed by atoms with E-state index in [4.69, 9.17) is 0 Å². The highest BCUT2D eigenvalue weighted by Crippen LogP contribution is 1.82. The lowest BCUT2D eigenvalue weighted by atomic mass is 10.4. The number of nitrogens with zero attached hydrogens (tertiary/aromatic N) is 1. The minimum Gasteiger partial charge on any atom is -0.220 e. The van der Waals surface area contributed by atoms with Gasteiger partial charge in [0.25, 0.3) is 0 Å². The van der Waals surface area contributed by atoms with Crippen molar-refractivity contribution in [3.63, 3.8) is 0 Å². The molecule has 0 aromatic carbocycles. The van der Waals surface area contributed by atoms with Gasteiger partial charge in [0.2, 0.25) is 0 Å². The van der Waals surface area contributed by atoms with Crippen LogP contribution in [0.1, 0.15) is 33.6 Å². The molecule has 0 heterocycles. The maximum absolute atomic E-state index is 10.8. The molecule has 0 N–H and O–H groups in total. The van der Waals surface area contributed by atoms with Gasteiger partial charge in [-0.25, -0.2) is 4.79 Å². The fraction of sp³-hybridized carbons (Fsp3) is 0.750. The number of hydrogen-bond donors (Lipinski definition) is 0. The normalized spacial score (nSPS) is 11.7. The Morgan fingerprint density at radius 3 is 2.40 bits per heavy atom. The third-order valence-corrected chi connectivity index (χ3v) is 1.27. The number of amides is 1. The average molecular weight is 142 g/mol. The lowest BCUT2D eigenvalue weighted by molar-refractivity contribution is -0.444. The Hall–Kier alpha value is -0.660. The highest BCUT2D eigenvalue weighted by Gasteiger charge is 2.06. The predicted octanol–water partition coefficient (Wildman–Crippen LogP) is 1.44. The third-order valence-electron chi connectivity index (χ3n) is 1.27. The van der Waals surface area contributed by atoms with E-state index >= 15 is 0 Å². The molecule has 10 heavy (non-hydrogen) atoms. The van der Waals surface area contributed by atoms with Crippen LogP contribution in [0.15, 0.2) is 0 Å². The maximum Gasteiger partial charge on any atom is 0.383 e. The van der Waals surface area contributed by atoms with Gasteiger partial charge in [-0.15, -0.1) is 0 Å². The molecule has 0 aromatic rings. The van der Waals surface area contributed by atoms with Crippen LogP contribution in [0.4, 0.5) is 0 Å². The first-order valence-electron chi connectivity index (χ1n) is 3.82. The van der Waals surface area contributed by atoms with Gasteiger partial charge in [0.1, 0.15) is 6.21 Å². The largest absolute Gasteiger partial charge is 0.383 e. The van der Waals surface area contributed by atoms with Crippen LogP contribution in [-0.2, 0) is 4.79 Å². The molecule has 0 saturated carbocycles. The molecule has 0 spiro atoms. The van der Waals surface area contributed by atoms with Gasteiger partial charge in [-0.3, -0.25) is 0 Å². The molecule has 0 unspecified atom stereocenters. The van der Waals surface area contributed by atoms with Crippen molar-refractivity contribution in [3.8, 4) is 0 Å². The summed E-state index contributed by atoms with van der Waals surface area (Å²) in [6.45, 7) is 6.55. The molecule has 58 valence electrons. The molecule has 0 aromatic heterocycles. The zero-order valence-corrected chi connectivity index (χ0v) is 7.05. The first kappa shape index (κ1) is 9.34. The van der Waals surface area contributed by atoms with Crippen LogP contribution < -0.4 is 0 Å². The topological polar surface area (TPSA) is 20.1 Å². The Bertz CT molecular complexity index is 138. The first-order chi connectivity index (χ1) is 4.72. The van der Waals surface area contributed by atoms with E-state index in [9.17, 15) is 4.79 Å². The van der Waals surface area contributed by atoms with E-state index < -0.39 is 0 Å². The van der Waals surface area contributed by atoms with E-state index in [0.29, 0.717) is 0 Å². The van der Waals surface area contributed by atoms with Gasteiger partial charge in [0.05, 0.1) is 6.92 Å². The van der Waals surface area contributed by atoms with E-state index in [1.807, 2.05) is 13.1 Å². The second kappa shape index (κ2) is 5.15. The number of rotatable bonds is 3. The summed E-state index contributed by atoms with van der Waals surface area (Å²) < 4.78 is 1.76. The SMILES string of the molecule is CC/C=[N+](/CCC)C(C)=O. The van der Waals surface area contributed by atoms with Gasteiger partial charge in [-0.2, -0.15) is 4.58 Å². The Morgan fingerprint density at radius 2 is 2.10 bits per heavy atom. The fourth-order valence-corrected chi connectivity index (χ4v) is 0.839. The summed E-state index contributed by atoms with van der Waals surface area (Å²) in [7, 11) is 0. The highest BCUT2D eigenvalue weighted by atomic mass is 16.1. The first-order valence-corrected chi connectivity index (χ1v) is 3.82. The summed E-state index contributed by atoms with van der Waals surface area (Å²) in [4.78, 5) is 10.8. The summed E-state index contributed by atoms with van der Waals surface area (Å²) >= 11 is 0. The highest BCUT2D eigenvalue weighted by molar-refractivity contribution is 5.69. The monoisotopic (exact) mass is 142 g/mol. The Kier molecular flexibility index (Phi) is 4.81. The quantitative estimate of drug-likeness (QED) is 0.431. The molecule has 0 rings (SSSR count). The molecule has 0 saturated heterocycles. The van der Waals surface area contributed by atoms with Crippen LogP contribution in [0, 0.1) is 0 Å². The zero-order valence-electron chi connectivity index (χ0n) is 7.05. The van der Waals surface area contributed by atoms with Crippen molar-refractivity contribution in [1.82, 2.24) is 0 Å². The van der Waals surface area contributed by atoms with E-state index in [1.54, 1.807) is 11.5 Å². The number of hydrogen-bond acceptors (Lipinski definition) is 1. The van der Waals surface area contributed by atoms with E-state index in [0.717, 1.165) is 19.4 Å². The minimum absolute atomic E-state index is 0.142. The van der Waals surface area contributed by atoms with Gasteiger partial charge in [0, 0.05) is 12.8 Å². The number of carbonyl (C=O) groups excluding carboxylic acids is 1. The third kappa shape index (κ3) is 3.38. The van der Waals surface area contributed by atoms with Gasteiger partial charge in [-0.05, 0) is 0 Å². The molecule has 0 radical (unpaired) electrons. The van der Waals surface area contributed by atoms with Crippen LogP contribution in [0.3, 0.4) is 0 Å². The Balaban J connectivity index is 3.98. The van der Waals surface area contributed by atoms with Gasteiger partial charge < -0.3 is 0 Å². The van der Waals surface area contributed by atoms with Crippen LogP contribution in [0.25, 0.3) is 0 Å². The van der Waals surface area contributed by atoms with Gasteiger partial charge in [-0.1, -0.05) is 13.8 Å². The molecule has 0 fully saturated rings. The second-order valence-corrected chi connectivity index (χ2v) is 2.30. The van der Waals surface area contributed by atoms with Crippen molar-refractivity contribution in [2.45, 2.75) is 33.6 Å². The summed E-state index contributed by atoms with van der Waals surface area (Å²) in [5, 5.41) is 0. The van der Waals surface area contributed by atoms with Crippen LogP contribution in [0.2, 0.25) is 0 Å². The average Bonchev–Trinajstić information content (AvgIpc) is 1.87. The zero-order chi connectivity index (χ0) is 7.98. The van der Waals surface area contributed by atoms with E-state index in [-0.39, 0.29) is 5.91 Å².